The van der Waals surface area contributed by atoms with E-state index in [9.17, 15) is 0 Å². The summed E-state index contributed by atoms with van der Waals surface area (Å²) >= 11 is 7.59. The van der Waals surface area contributed by atoms with Crippen molar-refractivity contribution in [2.24, 2.45) is 0 Å². The summed E-state index contributed by atoms with van der Waals surface area (Å²) in [6.07, 6.45) is 0.803. The fourth-order valence-corrected chi connectivity index (χ4v) is 3.38. The van der Waals surface area contributed by atoms with Crippen molar-refractivity contribution in [1.82, 2.24) is 10.3 Å². The summed E-state index contributed by atoms with van der Waals surface area (Å²) in [6.45, 7) is 2.95. The molecule has 0 bridgehead atoms. The van der Waals surface area contributed by atoms with E-state index >= 15 is 0 Å². The summed E-state index contributed by atoms with van der Waals surface area (Å²) < 4.78 is 6.74. The van der Waals surface area contributed by atoms with Gasteiger partial charge in [0.25, 0.3) is 0 Å². The van der Waals surface area contributed by atoms with Gasteiger partial charge in [0.2, 0.25) is 0 Å². The van der Waals surface area contributed by atoms with Gasteiger partial charge in [-0.3, -0.25) is 0 Å². The van der Waals surface area contributed by atoms with E-state index in [1.165, 1.54) is 4.70 Å². The Labute approximate surface area is 126 Å². The van der Waals surface area contributed by atoms with Gasteiger partial charge < -0.3 is 9.73 Å². The Morgan fingerprint density at radius 2 is 2.15 bits per heavy atom. The maximum absolute atomic E-state index is 5.86. The first-order valence-corrected chi connectivity index (χ1v) is 7.78. The van der Waals surface area contributed by atoms with E-state index in [2.05, 4.69) is 23.3 Å². The molecule has 0 spiro atoms. The Morgan fingerprint density at radius 3 is 2.85 bits per heavy atom. The van der Waals surface area contributed by atoms with Crippen LogP contribution in [0.2, 0.25) is 5.22 Å². The van der Waals surface area contributed by atoms with E-state index in [-0.39, 0.29) is 6.04 Å². The van der Waals surface area contributed by atoms with Gasteiger partial charge in [0.15, 0.2) is 5.22 Å². The highest BCUT2D eigenvalue weighted by Crippen LogP contribution is 2.27. The zero-order chi connectivity index (χ0) is 13.9. The van der Waals surface area contributed by atoms with E-state index in [0.717, 1.165) is 29.3 Å². The molecule has 5 heteroatoms. The van der Waals surface area contributed by atoms with Crippen molar-refractivity contribution in [3.05, 3.63) is 52.4 Å². The van der Waals surface area contributed by atoms with Crippen molar-refractivity contribution in [3.8, 4) is 0 Å². The number of para-hydroxylation sites is 1. The number of hydrogen-bond donors (Lipinski definition) is 1. The monoisotopic (exact) mass is 306 g/mol. The zero-order valence-corrected chi connectivity index (χ0v) is 12.7. The summed E-state index contributed by atoms with van der Waals surface area (Å²) in [4.78, 5) is 4.67. The standard InChI is InChI=1S/C15H15ClN2OS/c1-2-17-11(12-7-8-14(16)19-12)9-15-18-10-5-3-4-6-13(10)20-15/h3-8,11,17H,2,9H2,1H3. The first-order chi connectivity index (χ1) is 9.76. The number of rotatable bonds is 5. The number of fused-ring (bicyclic) bond motifs is 1. The number of furan rings is 1. The Balaban J connectivity index is 1.85. The average molecular weight is 307 g/mol. The topological polar surface area (TPSA) is 38.1 Å². The van der Waals surface area contributed by atoms with Crippen LogP contribution in [0.5, 0.6) is 0 Å². The molecule has 0 amide bonds. The van der Waals surface area contributed by atoms with Gasteiger partial charge in [-0.2, -0.15) is 0 Å². The minimum atomic E-state index is 0.105. The smallest absolute Gasteiger partial charge is 0.193 e. The molecule has 0 saturated heterocycles. The zero-order valence-electron chi connectivity index (χ0n) is 11.1. The molecular weight excluding hydrogens is 292 g/mol. The lowest BCUT2D eigenvalue weighted by molar-refractivity contribution is 0.417. The van der Waals surface area contributed by atoms with E-state index < -0.39 is 0 Å². The fraction of sp³-hybridized carbons (Fsp3) is 0.267. The van der Waals surface area contributed by atoms with Gasteiger partial charge in [0, 0.05) is 6.42 Å². The van der Waals surface area contributed by atoms with Crippen molar-refractivity contribution in [3.63, 3.8) is 0 Å². The molecular formula is C15H15ClN2OS. The van der Waals surface area contributed by atoms with Crippen LogP contribution >= 0.6 is 22.9 Å². The lowest BCUT2D eigenvalue weighted by Gasteiger charge is -2.13. The number of halogens is 1. The maximum Gasteiger partial charge on any atom is 0.193 e. The van der Waals surface area contributed by atoms with Gasteiger partial charge in [-0.1, -0.05) is 19.1 Å². The summed E-state index contributed by atoms with van der Waals surface area (Å²) in [5, 5.41) is 4.94. The van der Waals surface area contributed by atoms with Gasteiger partial charge in [0.05, 0.1) is 21.3 Å². The van der Waals surface area contributed by atoms with Crippen molar-refractivity contribution in [1.29, 1.82) is 0 Å². The molecule has 2 aromatic heterocycles. The third kappa shape index (κ3) is 2.87. The van der Waals surface area contributed by atoms with Crippen molar-refractivity contribution >= 4 is 33.2 Å². The van der Waals surface area contributed by atoms with Crippen LogP contribution in [-0.2, 0) is 6.42 Å². The fourth-order valence-electron chi connectivity index (χ4n) is 2.22. The second-order valence-electron chi connectivity index (χ2n) is 4.53. The SMILES string of the molecule is CCNC(Cc1nc2ccccc2s1)c1ccc(Cl)o1. The number of hydrogen-bond acceptors (Lipinski definition) is 4. The molecule has 1 unspecified atom stereocenters. The molecule has 0 aliphatic heterocycles. The van der Waals surface area contributed by atoms with Crippen LogP contribution in [-0.4, -0.2) is 11.5 Å². The first-order valence-electron chi connectivity index (χ1n) is 6.59. The number of nitrogens with one attached hydrogen (secondary N) is 1. The van der Waals surface area contributed by atoms with E-state index in [0.29, 0.717) is 5.22 Å². The molecule has 0 aliphatic carbocycles. The highest BCUT2D eigenvalue weighted by molar-refractivity contribution is 7.18. The van der Waals surface area contributed by atoms with Crippen LogP contribution in [0, 0.1) is 0 Å². The predicted molar refractivity (Wildman–Crippen MR) is 83.5 cm³/mol. The number of benzene rings is 1. The van der Waals surface area contributed by atoms with Crippen molar-refractivity contribution in [2.45, 2.75) is 19.4 Å². The lowest BCUT2D eigenvalue weighted by atomic mass is 10.1. The molecule has 3 aromatic rings. The molecule has 0 fully saturated rings. The summed E-state index contributed by atoms with van der Waals surface area (Å²) in [6, 6.07) is 12.0. The Hall–Kier alpha value is -1.36. The first kappa shape index (κ1) is 13.6. The second kappa shape index (κ2) is 5.95. The molecule has 0 aliphatic rings. The van der Waals surface area contributed by atoms with E-state index in [1.807, 2.05) is 24.3 Å². The van der Waals surface area contributed by atoms with Crippen molar-refractivity contribution < 1.29 is 4.42 Å². The minimum Gasteiger partial charge on any atom is -0.448 e. The van der Waals surface area contributed by atoms with Crippen LogP contribution < -0.4 is 5.32 Å². The Morgan fingerprint density at radius 1 is 1.30 bits per heavy atom. The van der Waals surface area contributed by atoms with E-state index in [1.54, 1.807) is 17.4 Å². The molecule has 1 atom stereocenters. The summed E-state index contributed by atoms with van der Waals surface area (Å²) in [5.41, 5.74) is 1.06. The molecule has 0 radical (unpaired) electrons. The molecule has 1 aromatic carbocycles. The number of thiazole rings is 1. The summed E-state index contributed by atoms with van der Waals surface area (Å²) in [5.74, 6) is 0.858. The van der Waals surface area contributed by atoms with Crippen LogP contribution in [0.25, 0.3) is 10.2 Å². The molecule has 104 valence electrons. The highest BCUT2D eigenvalue weighted by atomic mass is 35.5. The lowest BCUT2D eigenvalue weighted by Crippen LogP contribution is -2.22. The average Bonchev–Trinajstić information content (AvgIpc) is 3.03. The van der Waals surface area contributed by atoms with Crippen molar-refractivity contribution in [2.75, 3.05) is 6.54 Å². The maximum atomic E-state index is 5.86. The highest BCUT2D eigenvalue weighted by Gasteiger charge is 2.17. The van der Waals surface area contributed by atoms with Crippen LogP contribution in [0.4, 0.5) is 0 Å². The number of likely N-dealkylation sites (N-methyl/N-ethyl adjacent to an activating group) is 1. The quantitative estimate of drug-likeness (QED) is 0.757. The van der Waals surface area contributed by atoms with Crippen LogP contribution in [0.1, 0.15) is 23.7 Å². The molecule has 2 heterocycles. The molecule has 0 saturated carbocycles. The number of aromatic nitrogens is 1. The molecule has 20 heavy (non-hydrogen) atoms. The second-order valence-corrected chi connectivity index (χ2v) is 6.02. The molecule has 3 nitrogen and oxygen atoms in total. The third-order valence-electron chi connectivity index (χ3n) is 3.10. The van der Waals surface area contributed by atoms with E-state index in [4.69, 9.17) is 16.0 Å². The largest absolute Gasteiger partial charge is 0.448 e. The predicted octanol–water partition coefficient (Wildman–Crippen LogP) is 4.44. The molecule has 3 rings (SSSR count). The van der Waals surface area contributed by atoms with Gasteiger partial charge in [-0.15, -0.1) is 11.3 Å². The molecule has 1 N–H and O–H groups in total. The Kier molecular flexibility index (Phi) is 4.05. The number of nitrogens with zero attached hydrogens (tertiary/aromatic N) is 1. The van der Waals surface area contributed by atoms with Gasteiger partial charge >= 0.3 is 0 Å². The van der Waals surface area contributed by atoms with Crippen LogP contribution in [0.3, 0.4) is 0 Å². The van der Waals surface area contributed by atoms with Gasteiger partial charge in [-0.05, 0) is 42.4 Å². The minimum absolute atomic E-state index is 0.105. The van der Waals surface area contributed by atoms with Crippen LogP contribution in [0.15, 0.2) is 40.8 Å². The Bertz CT molecular complexity index is 674. The normalized spacial score (nSPS) is 12.9. The van der Waals surface area contributed by atoms with Gasteiger partial charge in [0.1, 0.15) is 5.76 Å². The van der Waals surface area contributed by atoms with Gasteiger partial charge in [-0.25, -0.2) is 4.98 Å². The summed E-state index contributed by atoms with van der Waals surface area (Å²) in [7, 11) is 0. The third-order valence-corrected chi connectivity index (χ3v) is 4.37.